The topological polar surface area (TPSA) is 75.2 Å². The van der Waals surface area contributed by atoms with E-state index in [0.29, 0.717) is 23.7 Å². The second kappa shape index (κ2) is 7.66. The monoisotopic (exact) mass is 362 g/mol. The summed E-state index contributed by atoms with van der Waals surface area (Å²) in [6, 6.07) is 8.13. The standard InChI is InChI=1S/C18H26N4O2S/c1-18(2,3)13-6-8-14(9-7-13)24-11-16-20-21-17(22(16)19)25-12-15-5-4-10-23-15/h6-9,15H,4-5,10-12,19H2,1-3H3. The fourth-order valence-electron chi connectivity index (χ4n) is 2.65. The lowest BCUT2D eigenvalue weighted by atomic mass is 9.87. The zero-order valence-electron chi connectivity index (χ0n) is 15.1. The van der Waals surface area contributed by atoms with Gasteiger partial charge in [-0.15, -0.1) is 10.2 Å². The summed E-state index contributed by atoms with van der Waals surface area (Å²) in [7, 11) is 0. The third kappa shape index (κ3) is 4.67. The van der Waals surface area contributed by atoms with Crippen molar-refractivity contribution in [2.24, 2.45) is 0 Å². The van der Waals surface area contributed by atoms with E-state index in [1.807, 2.05) is 12.1 Å². The van der Waals surface area contributed by atoms with E-state index in [2.05, 4.69) is 43.1 Å². The summed E-state index contributed by atoms with van der Waals surface area (Å²) in [5, 5.41) is 8.98. The molecule has 1 aromatic carbocycles. The average molecular weight is 362 g/mol. The molecule has 7 heteroatoms. The van der Waals surface area contributed by atoms with Gasteiger partial charge in [0.05, 0.1) is 6.10 Å². The van der Waals surface area contributed by atoms with Gasteiger partial charge in [0.1, 0.15) is 12.4 Å². The second-order valence-electron chi connectivity index (χ2n) is 7.28. The molecule has 6 nitrogen and oxygen atoms in total. The van der Waals surface area contributed by atoms with Gasteiger partial charge in [0.2, 0.25) is 5.16 Å². The minimum Gasteiger partial charge on any atom is -0.486 e. The number of thioether (sulfide) groups is 1. The summed E-state index contributed by atoms with van der Waals surface area (Å²) < 4.78 is 12.9. The molecule has 0 amide bonds. The summed E-state index contributed by atoms with van der Waals surface area (Å²) in [5.74, 6) is 8.34. The Morgan fingerprint density at radius 2 is 2.04 bits per heavy atom. The Labute approximate surface area is 153 Å². The molecular weight excluding hydrogens is 336 g/mol. The van der Waals surface area contributed by atoms with E-state index < -0.39 is 0 Å². The SMILES string of the molecule is CC(C)(C)c1ccc(OCc2nnc(SCC3CCCO3)n2N)cc1. The first-order chi connectivity index (χ1) is 11.9. The molecule has 25 heavy (non-hydrogen) atoms. The molecule has 1 unspecified atom stereocenters. The molecule has 2 N–H and O–H groups in total. The molecule has 1 aromatic heterocycles. The summed E-state index contributed by atoms with van der Waals surface area (Å²) in [5.41, 5.74) is 1.40. The Bertz CT molecular complexity index is 688. The van der Waals surface area contributed by atoms with Crippen LogP contribution in [0.2, 0.25) is 0 Å². The van der Waals surface area contributed by atoms with E-state index in [1.54, 1.807) is 11.8 Å². The Kier molecular flexibility index (Phi) is 5.54. The van der Waals surface area contributed by atoms with E-state index in [0.717, 1.165) is 31.0 Å². The first kappa shape index (κ1) is 18.1. The van der Waals surface area contributed by atoms with Crippen LogP contribution in [0, 0.1) is 0 Å². The zero-order chi connectivity index (χ0) is 17.9. The first-order valence-corrected chi connectivity index (χ1v) is 9.59. The minimum absolute atomic E-state index is 0.130. The summed E-state index contributed by atoms with van der Waals surface area (Å²) >= 11 is 1.58. The van der Waals surface area contributed by atoms with Crippen LogP contribution < -0.4 is 10.6 Å². The van der Waals surface area contributed by atoms with Crippen molar-refractivity contribution in [3.63, 3.8) is 0 Å². The van der Waals surface area contributed by atoms with E-state index in [4.69, 9.17) is 15.3 Å². The number of rotatable bonds is 6. The van der Waals surface area contributed by atoms with Crippen LogP contribution in [-0.4, -0.2) is 33.3 Å². The number of nitrogens with zero attached hydrogens (tertiary/aromatic N) is 3. The van der Waals surface area contributed by atoms with Gasteiger partial charge in [0.25, 0.3) is 0 Å². The maximum Gasteiger partial charge on any atom is 0.209 e. The molecule has 2 aromatic rings. The number of hydrogen-bond donors (Lipinski definition) is 1. The van der Waals surface area contributed by atoms with Gasteiger partial charge >= 0.3 is 0 Å². The van der Waals surface area contributed by atoms with Crippen molar-refractivity contribution in [3.8, 4) is 5.75 Å². The van der Waals surface area contributed by atoms with Crippen LogP contribution in [0.1, 0.15) is 45.0 Å². The highest BCUT2D eigenvalue weighted by Crippen LogP contribution is 2.25. The van der Waals surface area contributed by atoms with E-state index in [1.165, 1.54) is 10.2 Å². The average Bonchev–Trinajstić information content (AvgIpc) is 3.21. The van der Waals surface area contributed by atoms with Crippen molar-refractivity contribution in [3.05, 3.63) is 35.7 Å². The van der Waals surface area contributed by atoms with Gasteiger partial charge in [-0.25, -0.2) is 4.68 Å². The van der Waals surface area contributed by atoms with Gasteiger partial charge in [-0.05, 0) is 36.0 Å². The molecule has 3 rings (SSSR count). The summed E-state index contributed by atoms with van der Waals surface area (Å²) in [4.78, 5) is 0. The van der Waals surface area contributed by atoms with Crippen molar-refractivity contribution < 1.29 is 9.47 Å². The third-order valence-corrected chi connectivity index (χ3v) is 5.32. The molecule has 0 saturated carbocycles. The maximum absolute atomic E-state index is 6.08. The van der Waals surface area contributed by atoms with Crippen molar-refractivity contribution >= 4 is 11.8 Å². The van der Waals surface area contributed by atoms with E-state index >= 15 is 0 Å². The van der Waals surface area contributed by atoms with Crippen LogP contribution in [-0.2, 0) is 16.8 Å². The maximum atomic E-state index is 6.08. The first-order valence-electron chi connectivity index (χ1n) is 8.60. The molecule has 0 spiro atoms. The molecule has 0 bridgehead atoms. The number of hydrogen-bond acceptors (Lipinski definition) is 6. The zero-order valence-corrected chi connectivity index (χ0v) is 15.9. The Hall–Kier alpha value is -1.73. The fraction of sp³-hybridized carbons (Fsp3) is 0.556. The molecular formula is C18H26N4O2S. The van der Waals surface area contributed by atoms with Crippen LogP contribution in [0.15, 0.2) is 29.4 Å². The number of ether oxygens (including phenoxy) is 2. The lowest BCUT2D eigenvalue weighted by Crippen LogP contribution is -2.17. The van der Waals surface area contributed by atoms with Crippen LogP contribution >= 0.6 is 11.8 Å². The van der Waals surface area contributed by atoms with Crippen molar-refractivity contribution in [1.29, 1.82) is 0 Å². The lowest BCUT2D eigenvalue weighted by Gasteiger charge is -2.19. The van der Waals surface area contributed by atoms with Crippen molar-refractivity contribution in [1.82, 2.24) is 14.9 Å². The predicted molar refractivity (Wildman–Crippen MR) is 99.3 cm³/mol. The Balaban J connectivity index is 1.54. The highest BCUT2D eigenvalue weighted by atomic mass is 32.2. The summed E-state index contributed by atoms with van der Waals surface area (Å²) in [6.07, 6.45) is 2.53. The van der Waals surface area contributed by atoms with E-state index in [9.17, 15) is 0 Å². The molecule has 2 heterocycles. The lowest BCUT2D eigenvalue weighted by molar-refractivity contribution is 0.129. The van der Waals surface area contributed by atoms with Gasteiger partial charge in [-0.3, -0.25) is 0 Å². The van der Waals surface area contributed by atoms with Crippen molar-refractivity contribution in [2.75, 3.05) is 18.2 Å². The fourth-order valence-corrected chi connectivity index (χ4v) is 3.59. The predicted octanol–water partition coefficient (Wildman–Crippen LogP) is 3.14. The van der Waals surface area contributed by atoms with Gasteiger partial charge < -0.3 is 15.3 Å². The second-order valence-corrected chi connectivity index (χ2v) is 8.27. The Morgan fingerprint density at radius 1 is 1.28 bits per heavy atom. The highest BCUT2D eigenvalue weighted by molar-refractivity contribution is 7.99. The molecule has 1 aliphatic rings. The molecule has 1 saturated heterocycles. The van der Waals surface area contributed by atoms with Gasteiger partial charge in [-0.1, -0.05) is 44.7 Å². The normalized spacial score (nSPS) is 17.8. The van der Waals surface area contributed by atoms with Crippen LogP contribution in [0.4, 0.5) is 0 Å². The molecule has 1 aliphatic heterocycles. The van der Waals surface area contributed by atoms with Gasteiger partial charge in [0, 0.05) is 12.4 Å². The largest absolute Gasteiger partial charge is 0.486 e. The van der Waals surface area contributed by atoms with Crippen LogP contribution in [0.5, 0.6) is 5.75 Å². The molecule has 0 radical (unpaired) electrons. The number of benzene rings is 1. The van der Waals surface area contributed by atoms with E-state index in [-0.39, 0.29) is 5.41 Å². The quantitative estimate of drug-likeness (QED) is 0.628. The molecule has 1 fully saturated rings. The molecule has 136 valence electrons. The van der Waals surface area contributed by atoms with Gasteiger partial charge in [0.15, 0.2) is 5.82 Å². The summed E-state index contributed by atoms with van der Waals surface area (Å²) in [6.45, 7) is 7.72. The van der Waals surface area contributed by atoms with Crippen LogP contribution in [0.3, 0.4) is 0 Å². The smallest absolute Gasteiger partial charge is 0.209 e. The van der Waals surface area contributed by atoms with Crippen molar-refractivity contribution in [2.45, 2.75) is 56.9 Å². The highest BCUT2D eigenvalue weighted by Gasteiger charge is 2.18. The van der Waals surface area contributed by atoms with Gasteiger partial charge in [-0.2, -0.15) is 0 Å². The number of nitrogen functional groups attached to an aromatic ring is 1. The number of nitrogens with two attached hydrogens (primary N) is 1. The molecule has 0 aliphatic carbocycles. The minimum atomic E-state index is 0.130. The number of aromatic nitrogens is 3. The third-order valence-electron chi connectivity index (χ3n) is 4.25. The Morgan fingerprint density at radius 3 is 2.68 bits per heavy atom. The molecule has 1 atom stereocenters. The van der Waals surface area contributed by atoms with Crippen LogP contribution in [0.25, 0.3) is 0 Å².